The van der Waals surface area contributed by atoms with Crippen LogP contribution >= 0.6 is 0 Å². The molecule has 1 aliphatic heterocycles. The molecule has 8 nitrogen and oxygen atoms in total. The Bertz CT molecular complexity index is 1250. The van der Waals surface area contributed by atoms with Crippen molar-refractivity contribution in [2.45, 2.75) is 64.5 Å². The van der Waals surface area contributed by atoms with Crippen LogP contribution in [0.3, 0.4) is 0 Å². The van der Waals surface area contributed by atoms with Gasteiger partial charge in [0.05, 0.1) is 21.6 Å². The third kappa shape index (κ3) is 4.68. The molecule has 34 heavy (non-hydrogen) atoms. The first-order chi connectivity index (χ1) is 15.9. The average molecular weight is 487 g/mol. The Kier molecular flexibility index (Phi) is 6.46. The molecule has 0 spiro atoms. The van der Waals surface area contributed by atoms with Gasteiger partial charge in [-0.1, -0.05) is 38.1 Å². The van der Waals surface area contributed by atoms with Gasteiger partial charge in [-0.25, -0.2) is 13.4 Å². The van der Waals surface area contributed by atoms with Crippen LogP contribution in [0.1, 0.15) is 52.8 Å². The van der Waals surface area contributed by atoms with E-state index in [4.69, 9.17) is 9.72 Å². The summed E-state index contributed by atoms with van der Waals surface area (Å²) in [6.07, 6.45) is 6.90. The molecule has 1 saturated heterocycles. The largest absolute Gasteiger partial charge is 0.381 e. The van der Waals surface area contributed by atoms with Gasteiger partial charge in [-0.2, -0.15) is 0 Å². The van der Waals surface area contributed by atoms with E-state index in [2.05, 4.69) is 30.5 Å². The normalized spacial score (nSPS) is 22.1. The summed E-state index contributed by atoms with van der Waals surface area (Å²) < 4.78 is 35.6. The molecule has 2 heterocycles. The summed E-state index contributed by atoms with van der Waals surface area (Å²) in [5.41, 5.74) is 1.27. The maximum atomic E-state index is 13.3. The highest BCUT2D eigenvalue weighted by Crippen LogP contribution is 2.33. The molecule has 1 unspecified atom stereocenters. The zero-order chi connectivity index (χ0) is 24.7. The van der Waals surface area contributed by atoms with Crippen LogP contribution in [-0.4, -0.2) is 43.8 Å². The number of hydrogen-bond acceptors (Lipinski definition) is 6. The van der Waals surface area contributed by atoms with Crippen LogP contribution in [0.2, 0.25) is 0 Å². The summed E-state index contributed by atoms with van der Waals surface area (Å²) in [4.78, 5) is 16.2. The van der Waals surface area contributed by atoms with Gasteiger partial charge < -0.3 is 9.30 Å². The van der Waals surface area contributed by atoms with Crippen LogP contribution in [0, 0.1) is 10.8 Å². The van der Waals surface area contributed by atoms with E-state index in [1.54, 1.807) is 26.1 Å². The van der Waals surface area contributed by atoms with Crippen molar-refractivity contribution in [3.8, 4) is 0 Å². The maximum Gasteiger partial charge on any atom is 0.263 e. The van der Waals surface area contributed by atoms with E-state index in [1.165, 1.54) is 10.4 Å². The smallest absolute Gasteiger partial charge is 0.263 e. The maximum absolute atomic E-state index is 13.3. The van der Waals surface area contributed by atoms with Crippen LogP contribution in [0.4, 0.5) is 5.69 Å². The third-order valence-electron chi connectivity index (χ3n) is 6.74. The molecule has 0 amide bonds. The fraction of sp³-hybridized carbons (Fsp3) is 0.560. The molecule has 1 aromatic heterocycles. The van der Waals surface area contributed by atoms with Gasteiger partial charge in [-0.05, 0) is 56.4 Å². The molecule has 1 aromatic carbocycles. The van der Waals surface area contributed by atoms with E-state index < -0.39 is 15.6 Å². The molecule has 184 valence electrons. The van der Waals surface area contributed by atoms with Gasteiger partial charge in [0.15, 0.2) is 0 Å². The number of imidazole rings is 1. The quantitative estimate of drug-likeness (QED) is 0.542. The van der Waals surface area contributed by atoms with E-state index in [9.17, 15) is 13.3 Å². The molecule has 9 heteroatoms. The summed E-state index contributed by atoms with van der Waals surface area (Å²) in [7, 11) is -2.24. The Labute approximate surface area is 201 Å². The zero-order valence-corrected chi connectivity index (χ0v) is 21.4. The SMILES string of the molecule is CN(c1ccc2c(c1)nc(C(C)(C)C)n2CC1CCOCC1)S(=O)(=O)C1=CCC(C)(N=O)C=C1. The van der Waals surface area contributed by atoms with E-state index in [1.807, 2.05) is 18.2 Å². The van der Waals surface area contributed by atoms with Crippen molar-refractivity contribution in [3.05, 3.63) is 52.1 Å². The molecule has 0 N–H and O–H groups in total. The van der Waals surface area contributed by atoms with Crippen molar-refractivity contribution in [3.63, 3.8) is 0 Å². The molecule has 4 rings (SSSR count). The lowest BCUT2D eigenvalue weighted by atomic mass is 9.94. The lowest BCUT2D eigenvalue weighted by Gasteiger charge is -2.26. The van der Waals surface area contributed by atoms with Crippen molar-refractivity contribution in [1.82, 2.24) is 9.55 Å². The minimum absolute atomic E-state index is 0.153. The zero-order valence-electron chi connectivity index (χ0n) is 20.6. The first-order valence-corrected chi connectivity index (χ1v) is 13.2. The summed E-state index contributed by atoms with van der Waals surface area (Å²) in [5, 5.41) is 3.10. The highest BCUT2D eigenvalue weighted by Gasteiger charge is 2.31. The molecule has 2 aromatic rings. The van der Waals surface area contributed by atoms with Gasteiger partial charge in [0.2, 0.25) is 0 Å². The fourth-order valence-corrected chi connectivity index (χ4v) is 5.76. The van der Waals surface area contributed by atoms with Crippen molar-refractivity contribution >= 4 is 26.7 Å². The summed E-state index contributed by atoms with van der Waals surface area (Å²) in [5.74, 6) is 1.53. The van der Waals surface area contributed by atoms with Crippen LogP contribution in [0.5, 0.6) is 0 Å². The summed E-state index contributed by atoms with van der Waals surface area (Å²) in [6, 6.07) is 5.64. The molecule has 1 aliphatic carbocycles. The van der Waals surface area contributed by atoms with Crippen molar-refractivity contribution in [2.75, 3.05) is 24.6 Å². The van der Waals surface area contributed by atoms with Gasteiger partial charge in [0.25, 0.3) is 10.0 Å². The van der Waals surface area contributed by atoms with Crippen LogP contribution in [0.15, 0.2) is 46.5 Å². The standard InChI is InChI=1S/C25H34N4O4S/c1-24(2,3)23-26-21-16-19(6-7-22(21)29(23)17-18-10-14-33-15-11-18)28(5)34(31,32)20-8-12-25(4,27-30)13-9-20/h6-9,12,16,18H,10-11,13-15,17H2,1-5H3. The second-order valence-electron chi connectivity index (χ2n) is 10.6. The Morgan fingerprint density at radius 2 is 1.97 bits per heavy atom. The number of ether oxygens (including phenoxy) is 1. The first kappa shape index (κ1) is 24.6. The monoisotopic (exact) mass is 486 g/mol. The van der Waals surface area contributed by atoms with Crippen LogP contribution in [0.25, 0.3) is 11.0 Å². The minimum Gasteiger partial charge on any atom is -0.381 e. The number of sulfonamides is 1. The van der Waals surface area contributed by atoms with Crippen molar-refractivity contribution in [2.24, 2.45) is 11.1 Å². The number of anilines is 1. The topological polar surface area (TPSA) is 93.9 Å². The summed E-state index contributed by atoms with van der Waals surface area (Å²) >= 11 is 0. The molecular formula is C25H34N4O4S. The number of aromatic nitrogens is 2. The molecule has 0 radical (unpaired) electrons. The van der Waals surface area contributed by atoms with Gasteiger partial charge in [-0.15, -0.1) is 4.91 Å². The molecular weight excluding hydrogens is 452 g/mol. The molecule has 1 fully saturated rings. The fourth-order valence-electron chi connectivity index (χ4n) is 4.52. The predicted molar refractivity (Wildman–Crippen MR) is 135 cm³/mol. The third-order valence-corrected chi connectivity index (χ3v) is 8.57. The number of nitroso groups, excluding NO2 is 1. The van der Waals surface area contributed by atoms with E-state index in [-0.39, 0.29) is 16.7 Å². The Balaban J connectivity index is 1.68. The second kappa shape index (κ2) is 8.92. The lowest BCUT2D eigenvalue weighted by Crippen LogP contribution is -2.29. The highest BCUT2D eigenvalue weighted by molar-refractivity contribution is 7.96. The van der Waals surface area contributed by atoms with Crippen molar-refractivity contribution in [1.29, 1.82) is 0 Å². The predicted octanol–water partition coefficient (Wildman–Crippen LogP) is 4.90. The average Bonchev–Trinajstić information content (AvgIpc) is 3.17. The number of benzene rings is 1. The minimum atomic E-state index is -3.78. The Morgan fingerprint density at radius 1 is 1.26 bits per heavy atom. The van der Waals surface area contributed by atoms with Gasteiger partial charge in [-0.3, -0.25) is 4.31 Å². The number of rotatable bonds is 6. The molecule has 1 atom stereocenters. The van der Waals surface area contributed by atoms with Gasteiger partial charge in [0, 0.05) is 32.2 Å². The van der Waals surface area contributed by atoms with Gasteiger partial charge in [0.1, 0.15) is 11.4 Å². The van der Waals surface area contributed by atoms with Crippen LogP contribution in [-0.2, 0) is 26.7 Å². The van der Waals surface area contributed by atoms with Gasteiger partial charge >= 0.3 is 0 Å². The Morgan fingerprint density at radius 3 is 2.56 bits per heavy atom. The number of fused-ring (bicyclic) bond motifs is 1. The highest BCUT2D eigenvalue weighted by atomic mass is 32.2. The Hall–Kier alpha value is -2.52. The van der Waals surface area contributed by atoms with E-state index in [0.717, 1.165) is 49.5 Å². The number of nitrogens with zero attached hydrogens (tertiary/aromatic N) is 4. The lowest BCUT2D eigenvalue weighted by molar-refractivity contribution is 0.0611. The second-order valence-corrected chi connectivity index (χ2v) is 12.6. The number of hydrogen-bond donors (Lipinski definition) is 0. The molecule has 2 aliphatic rings. The molecule has 0 saturated carbocycles. The van der Waals surface area contributed by atoms with Crippen molar-refractivity contribution < 1.29 is 13.2 Å². The van der Waals surface area contributed by atoms with Crippen LogP contribution < -0.4 is 4.31 Å². The summed E-state index contributed by atoms with van der Waals surface area (Å²) in [6.45, 7) is 10.6. The van der Waals surface area contributed by atoms with E-state index >= 15 is 0 Å². The first-order valence-electron chi connectivity index (χ1n) is 11.8. The van der Waals surface area contributed by atoms with E-state index in [0.29, 0.717) is 11.6 Å². The molecule has 0 bridgehead atoms. The number of allylic oxidation sites excluding steroid dienone is 1.